The Kier molecular flexibility index (Phi) is 2.65. The van der Waals surface area contributed by atoms with Gasteiger partial charge in [0.2, 0.25) is 0 Å². The fourth-order valence-corrected chi connectivity index (χ4v) is 6.33. The van der Waals surface area contributed by atoms with Gasteiger partial charge in [0.15, 0.2) is 0 Å². The van der Waals surface area contributed by atoms with E-state index in [-0.39, 0.29) is 0 Å². The molecule has 4 aromatic rings. The van der Waals surface area contributed by atoms with Crippen LogP contribution in [-0.2, 0) is 0 Å². The van der Waals surface area contributed by atoms with Crippen molar-refractivity contribution in [3.8, 4) is 0 Å². The largest absolute Gasteiger partial charge is 0.0716 e. The van der Waals surface area contributed by atoms with E-state index in [0.717, 1.165) is 0 Å². The molecular formula is C21H18Si. The second-order valence-corrected chi connectivity index (χ2v) is 9.77. The average molecular weight is 298 g/mol. The van der Waals surface area contributed by atoms with Gasteiger partial charge in [-0.15, -0.1) is 0 Å². The van der Waals surface area contributed by atoms with E-state index in [4.69, 9.17) is 0 Å². The van der Waals surface area contributed by atoms with E-state index in [2.05, 4.69) is 66.7 Å². The monoisotopic (exact) mass is 298 g/mol. The lowest BCUT2D eigenvalue weighted by Crippen LogP contribution is -2.36. The van der Waals surface area contributed by atoms with Gasteiger partial charge in [0.25, 0.3) is 0 Å². The molecule has 1 heteroatoms. The predicted molar refractivity (Wildman–Crippen MR) is 100.0 cm³/mol. The van der Waals surface area contributed by atoms with Crippen LogP contribution in [0.4, 0.5) is 0 Å². The summed E-state index contributed by atoms with van der Waals surface area (Å²) in [5, 5.41) is 10.0. The van der Waals surface area contributed by atoms with Gasteiger partial charge in [-0.05, 0) is 56.6 Å². The summed E-state index contributed by atoms with van der Waals surface area (Å²) in [4.78, 5) is 0. The van der Waals surface area contributed by atoms with E-state index < -0.39 is 8.80 Å². The molecule has 1 saturated heterocycles. The Bertz CT molecular complexity index is 1010. The number of fused-ring (bicyclic) bond motifs is 3. The summed E-state index contributed by atoms with van der Waals surface area (Å²) in [6, 6.07) is 28.1. The predicted octanol–water partition coefficient (Wildman–Crippen LogP) is 4.98. The van der Waals surface area contributed by atoms with Gasteiger partial charge in [-0.3, -0.25) is 0 Å². The molecule has 0 atom stereocenters. The van der Waals surface area contributed by atoms with Gasteiger partial charge in [-0.2, -0.15) is 0 Å². The summed E-state index contributed by atoms with van der Waals surface area (Å²) in [6.45, 7) is 0. The number of rotatable bonds is 1. The van der Waals surface area contributed by atoms with E-state index in [0.29, 0.717) is 0 Å². The van der Waals surface area contributed by atoms with Crippen molar-refractivity contribution in [2.45, 2.75) is 18.5 Å². The minimum absolute atomic E-state index is 0.639. The topological polar surface area (TPSA) is 0 Å². The lowest BCUT2D eigenvalue weighted by molar-refractivity contribution is 0.952. The van der Waals surface area contributed by atoms with Crippen LogP contribution in [0.2, 0.25) is 12.1 Å². The Balaban J connectivity index is 1.85. The zero-order valence-corrected chi connectivity index (χ0v) is 13.7. The first-order chi connectivity index (χ1) is 10.9. The van der Waals surface area contributed by atoms with E-state index >= 15 is 0 Å². The van der Waals surface area contributed by atoms with Crippen LogP contribution in [0.3, 0.4) is 0 Å². The van der Waals surface area contributed by atoms with Crippen LogP contribution >= 0.6 is 0 Å². The Morgan fingerprint density at radius 1 is 0.591 bits per heavy atom. The summed E-state index contributed by atoms with van der Waals surface area (Å²) < 4.78 is 0. The van der Waals surface area contributed by atoms with Crippen molar-refractivity contribution in [2.75, 3.05) is 0 Å². The van der Waals surface area contributed by atoms with Crippen LogP contribution < -0.4 is 5.19 Å². The third kappa shape index (κ3) is 1.82. The smallest absolute Gasteiger partial charge is 0.0627 e. The summed E-state index contributed by atoms with van der Waals surface area (Å²) in [6.07, 6.45) is 1.45. The van der Waals surface area contributed by atoms with Crippen molar-refractivity contribution in [2.24, 2.45) is 0 Å². The van der Waals surface area contributed by atoms with Crippen molar-refractivity contribution in [1.82, 2.24) is 0 Å². The minimum Gasteiger partial charge on any atom is -0.0627 e. The van der Waals surface area contributed by atoms with E-state index in [1.165, 1.54) is 50.8 Å². The molecule has 0 radical (unpaired) electrons. The number of benzene rings is 4. The summed E-state index contributed by atoms with van der Waals surface area (Å²) in [5.41, 5.74) is 0. The van der Waals surface area contributed by atoms with Gasteiger partial charge in [0.05, 0.1) is 8.80 Å². The lowest BCUT2D eigenvalue weighted by atomic mass is 10.00. The van der Waals surface area contributed by atoms with Crippen molar-refractivity contribution in [1.29, 1.82) is 0 Å². The molecule has 0 amide bonds. The molecule has 106 valence electrons. The summed E-state index contributed by atoms with van der Waals surface area (Å²) >= 11 is 0. The molecule has 0 N–H and O–H groups in total. The van der Waals surface area contributed by atoms with Crippen molar-refractivity contribution in [3.05, 3.63) is 66.7 Å². The Hall–Kier alpha value is -2.12. The molecule has 4 aromatic carbocycles. The first kappa shape index (κ1) is 12.4. The first-order valence-electron chi connectivity index (χ1n) is 8.24. The van der Waals surface area contributed by atoms with E-state index in [1.807, 2.05) is 0 Å². The molecule has 1 fully saturated rings. The van der Waals surface area contributed by atoms with Crippen molar-refractivity contribution < 1.29 is 0 Å². The molecule has 0 saturated carbocycles. The van der Waals surface area contributed by atoms with E-state index in [9.17, 15) is 0 Å². The van der Waals surface area contributed by atoms with Gasteiger partial charge < -0.3 is 0 Å². The second kappa shape index (κ2) is 4.69. The third-order valence-corrected chi connectivity index (χ3v) is 8.87. The highest BCUT2D eigenvalue weighted by molar-refractivity contribution is 6.77. The van der Waals surface area contributed by atoms with Gasteiger partial charge in [-0.25, -0.2) is 0 Å². The quantitative estimate of drug-likeness (QED) is 0.343. The summed E-state index contributed by atoms with van der Waals surface area (Å²) in [7, 11) is -0.639. The van der Waals surface area contributed by atoms with Crippen molar-refractivity contribution in [3.63, 3.8) is 0 Å². The zero-order valence-electron chi connectivity index (χ0n) is 12.5. The fraction of sp³-hybridized carbons (Fsp3) is 0.143. The molecular weight excluding hydrogens is 280 g/mol. The maximum Gasteiger partial charge on any atom is 0.0716 e. The minimum atomic E-state index is -0.639. The average Bonchev–Trinajstić information content (AvgIpc) is 2.50. The molecule has 1 aliphatic heterocycles. The molecule has 0 unspecified atom stereocenters. The molecule has 1 heterocycles. The van der Waals surface area contributed by atoms with Crippen LogP contribution in [0.5, 0.6) is 0 Å². The lowest BCUT2D eigenvalue weighted by Gasteiger charge is -2.25. The van der Waals surface area contributed by atoms with Gasteiger partial charge in [0, 0.05) is 0 Å². The third-order valence-electron chi connectivity index (χ3n) is 5.28. The van der Waals surface area contributed by atoms with Gasteiger partial charge >= 0.3 is 0 Å². The van der Waals surface area contributed by atoms with Crippen LogP contribution in [0.1, 0.15) is 6.42 Å². The number of hydrogen-bond acceptors (Lipinski definition) is 0. The van der Waals surface area contributed by atoms with Crippen molar-refractivity contribution >= 4 is 46.3 Å². The maximum absolute atomic E-state index is 2.44. The summed E-state index contributed by atoms with van der Waals surface area (Å²) in [5.74, 6) is 0. The van der Waals surface area contributed by atoms with Gasteiger partial charge in [-0.1, -0.05) is 66.2 Å². The normalized spacial score (nSPS) is 15.5. The number of hydrogen-bond donors (Lipinski definition) is 0. The van der Waals surface area contributed by atoms with Crippen LogP contribution in [-0.4, -0.2) is 8.80 Å². The Morgan fingerprint density at radius 3 is 1.91 bits per heavy atom. The highest BCUT2D eigenvalue weighted by Crippen LogP contribution is 2.29. The van der Waals surface area contributed by atoms with Gasteiger partial charge in [0.1, 0.15) is 0 Å². The Labute approximate surface area is 132 Å². The molecule has 1 aliphatic rings. The molecule has 0 nitrogen and oxygen atoms in total. The second-order valence-electron chi connectivity index (χ2n) is 6.59. The highest BCUT2D eigenvalue weighted by atomic mass is 28.3. The molecule has 0 bridgehead atoms. The fourth-order valence-electron chi connectivity index (χ4n) is 3.82. The van der Waals surface area contributed by atoms with Crippen LogP contribution in [0, 0.1) is 0 Å². The SMILES string of the molecule is c1ccc2cc3cc4c([SiH]5CCC5)cccc4cc3cc2c1. The molecule has 0 aromatic heterocycles. The van der Waals surface area contributed by atoms with Crippen LogP contribution in [0.15, 0.2) is 66.7 Å². The highest BCUT2D eigenvalue weighted by Gasteiger charge is 2.22. The zero-order chi connectivity index (χ0) is 14.5. The van der Waals surface area contributed by atoms with E-state index in [1.54, 1.807) is 5.19 Å². The molecule has 0 spiro atoms. The maximum atomic E-state index is 2.44. The molecule has 22 heavy (non-hydrogen) atoms. The first-order valence-corrected chi connectivity index (χ1v) is 10.4. The molecule has 0 aliphatic carbocycles. The van der Waals surface area contributed by atoms with Crippen LogP contribution in [0.25, 0.3) is 32.3 Å². The Morgan fingerprint density at radius 2 is 1.23 bits per heavy atom. The standard InChI is InChI=1S/C21H18Si/c1-2-6-16-12-19-14-20-17(13-18(19)11-15(16)5-1)7-3-8-21(20)22-9-4-10-22/h1-3,5-8,11-14,22H,4,9-10H2. The molecule has 5 rings (SSSR count).